The van der Waals surface area contributed by atoms with E-state index in [-0.39, 0.29) is 18.6 Å². The van der Waals surface area contributed by atoms with Crippen molar-refractivity contribution in [1.82, 2.24) is 0 Å². The average Bonchev–Trinajstić information content (AvgIpc) is 2.17. The van der Waals surface area contributed by atoms with Crippen molar-refractivity contribution in [2.75, 3.05) is 0 Å². The Morgan fingerprint density at radius 3 is 2.59 bits per heavy atom. The molecule has 6 heteroatoms. The third-order valence-electron chi connectivity index (χ3n) is 2.23. The van der Waals surface area contributed by atoms with Crippen molar-refractivity contribution in [3.05, 3.63) is 29.3 Å². The van der Waals surface area contributed by atoms with Crippen molar-refractivity contribution in [3.63, 3.8) is 0 Å². The highest BCUT2D eigenvalue weighted by Crippen LogP contribution is 2.28. The molecule has 0 bridgehead atoms. The molecule has 0 heterocycles. The quantitative estimate of drug-likeness (QED) is 0.891. The summed E-state index contributed by atoms with van der Waals surface area (Å²) in [5, 5.41) is 8.51. The summed E-state index contributed by atoms with van der Waals surface area (Å²) in [4.78, 5) is 10.4. The van der Waals surface area contributed by atoms with Crippen LogP contribution in [-0.4, -0.2) is 17.4 Å². The number of halogens is 3. The highest BCUT2D eigenvalue weighted by atomic mass is 19.4. The first-order valence-corrected chi connectivity index (χ1v) is 4.85. The zero-order valence-corrected chi connectivity index (χ0v) is 9.04. The molecule has 0 aliphatic rings. The molecule has 3 nitrogen and oxygen atoms in total. The molecule has 0 unspecified atom stereocenters. The number of carboxylic acids is 1. The molecule has 0 aliphatic carbocycles. The van der Waals surface area contributed by atoms with Gasteiger partial charge in [0.2, 0.25) is 0 Å². The summed E-state index contributed by atoms with van der Waals surface area (Å²) in [6.45, 7) is 1.47. The first-order valence-electron chi connectivity index (χ1n) is 4.85. The summed E-state index contributed by atoms with van der Waals surface area (Å²) in [6, 6.07) is 4.19. The van der Waals surface area contributed by atoms with Crippen LogP contribution in [0.4, 0.5) is 13.2 Å². The smallest absolute Gasteiger partial charge is 0.481 e. The van der Waals surface area contributed by atoms with E-state index in [1.807, 2.05) is 0 Å². The molecular formula is C11H11F3O3. The normalized spacial score (nSPS) is 11.3. The Kier molecular flexibility index (Phi) is 3.98. The van der Waals surface area contributed by atoms with Gasteiger partial charge >= 0.3 is 12.3 Å². The number of carbonyl (C=O) groups is 1. The molecule has 0 atom stereocenters. The lowest BCUT2D eigenvalue weighted by Gasteiger charge is -2.13. The molecule has 0 aromatic heterocycles. The first-order chi connectivity index (χ1) is 7.79. The molecule has 1 rings (SSSR count). The number of hydrogen-bond acceptors (Lipinski definition) is 2. The van der Waals surface area contributed by atoms with Gasteiger partial charge in [-0.25, -0.2) is 0 Å². The standard InChI is InChI=1S/C11H11F3O3/c1-7-8(5-6-10(15)16)3-2-4-9(7)17-11(12,13)14/h2-4H,5-6H2,1H3,(H,15,16). The van der Waals surface area contributed by atoms with Crippen LogP contribution >= 0.6 is 0 Å². The highest BCUT2D eigenvalue weighted by molar-refractivity contribution is 5.67. The second kappa shape index (κ2) is 5.07. The van der Waals surface area contributed by atoms with E-state index in [9.17, 15) is 18.0 Å². The number of ether oxygens (including phenoxy) is 1. The predicted octanol–water partition coefficient (Wildman–Crippen LogP) is 2.91. The summed E-state index contributed by atoms with van der Waals surface area (Å²) in [7, 11) is 0. The Hall–Kier alpha value is -1.72. The number of alkyl halides is 3. The molecule has 0 saturated heterocycles. The minimum Gasteiger partial charge on any atom is -0.481 e. The number of carboxylic acid groups (broad SMARTS) is 1. The van der Waals surface area contributed by atoms with Crippen LogP contribution in [0.3, 0.4) is 0 Å². The molecule has 0 fully saturated rings. The van der Waals surface area contributed by atoms with Crippen LogP contribution in [-0.2, 0) is 11.2 Å². The molecule has 0 saturated carbocycles. The van der Waals surface area contributed by atoms with Gasteiger partial charge in [0.1, 0.15) is 5.75 Å². The lowest BCUT2D eigenvalue weighted by atomic mass is 10.0. The Balaban J connectivity index is 2.87. The largest absolute Gasteiger partial charge is 0.573 e. The van der Waals surface area contributed by atoms with Crippen LogP contribution in [0, 0.1) is 6.92 Å². The van der Waals surface area contributed by atoms with Crippen molar-refractivity contribution in [2.45, 2.75) is 26.1 Å². The van der Waals surface area contributed by atoms with Gasteiger partial charge in [0, 0.05) is 6.42 Å². The molecule has 1 aromatic rings. The van der Waals surface area contributed by atoms with Gasteiger partial charge in [0.25, 0.3) is 0 Å². The Labute approximate surface area is 95.8 Å². The third-order valence-corrected chi connectivity index (χ3v) is 2.23. The van der Waals surface area contributed by atoms with Gasteiger partial charge in [-0.1, -0.05) is 12.1 Å². The van der Waals surface area contributed by atoms with E-state index in [0.717, 1.165) is 0 Å². The van der Waals surface area contributed by atoms with E-state index in [0.29, 0.717) is 11.1 Å². The summed E-state index contributed by atoms with van der Waals surface area (Å²) in [5.41, 5.74) is 0.847. The summed E-state index contributed by atoms with van der Waals surface area (Å²) in [5.74, 6) is -1.29. The second-order valence-corrected chi connectivity index (χ2v) is 3.48. The monoisotopic (exact) mass is 248 g/mol. The molecule has 94 valence electrons. The SMILES string of the molecule is Cc1c(CCC(=O)O)cccc1OC(F)(F)F. The van der Waals surface area contributed by atoms with Gasteiger partial charge in [-0.2, -0.15) is 0 Å². The van der Waals surface area contributed by atoms with Crippen LogP contribution in [0.5, 0.6) is 5.75 Å². The minimum absolute atomic E-state index is 0.129. The average molecular weight is 248 g/mol. The fraction of sp³-hybridized carbons (Fsp3) is 0.364. The zero-order chi connectivity index (χ0) is 13.1. The minimum atomic E-state index is -4.74. The summed E-state index contributed by atoms with van der Waals surface area (Å²) >= 11 is 0. The molecule has 0 radical (unpaired) electrons. The lowest BCUT2D eigenvalue weighted by Crippen LogP contribution is -2.18. The summed E-state index contributed by atoms with van der Waals surface area (Å²) in [6.07, 6.45) is -4.69. The van der Waals surface area contributed by atoms with Crippen LogP contribution < -0.4 is 4.74 Å². The van der Waals surface area contributed by atoms with Crippen LogP contribution in [0.1, 0.15) is 17.5 Å². The van der Waals surface area contributed by atoms with Gasteiger partial charge in [-0.3, -0.25) is 4.79 Å². The number of aryl methyl sites for hydroxylation is 1. The fourth-order valence-electron chi connectivity index (χ4n) is 1.41. The summed E-state index contributed by atoms with van der Waals surface area (Å²) < 4.78 is 40.0. The topological polar surface area (TPSA) is 46.5 Å². The van der Waals surface area contributed by atoms with Gasteiger partial charge in [-0.05, 0) is 30.5 Å². The van der Waals surface area contributed by atoms with Gasteiger partial charge < -0.3 is 9.84 Å². The van der Waals surface area contributed by atoms with E-state index in [2.05, 4.69) is 4.74 Å². The second-order valence-electron chi connectivity index (χ2n) is 3.48. The van der Waals surface area contributed by atoms with E-state index in [4.69, 9.17) is 5.11 Å². The lowest BCUT2D eigenvalue weighted by molar-refractivity contribution is -0.274. The zero-order valence-electron chi connectivity index (χ0n) is 9.04. The Morgan fingerprint density at radius 2 is 2.06 bits per heavy atom. The molecule has 0 amide bonds. The third kappa shape index (κ3) is 4.34. The number of rotatable bonds is 4. The van der Waals surface area contributed by atoms with E-state index >= 15 is 0 Å². The van der Waals surface area contributed by atoms with Crippen molar-refractivity contribution in [2.24, 2.45) is 0 Å². The van der Waals surface area contributed by atoms with Crippen molar-refractivity contribution in [3.8, 4) is 5.75 Å². The predicted molar refractivity (Wildman–Crippen MR) is 53.8 cm³/mol. The molecule has 0 spiro atoms. The van der Waals surface area contributed by atoms with Gasteiger partial charge in [0.15, 0.2) is 0 Å². The number of benzene rings is 1. The van der Waals surface area contributed by atoms with E-state index in [1.54, 1.807) is 6.07 Å². The maximum Gasteiger partial charge on any atom is 0.573 e. The van der Waals surface area contributed by atoms with Crippen molar-refractivity contribution in [1.29, 1.82) is 0 Å². The van der Waals surface area contributed by atoms with Crippen LogP contribution in [0.2, 0.25) is 0 Å². The van der Waals surface area contributed by atoms with E-state index in [1.165, 1.54) is 19.1 Å². The maximum atomic E-state index is 12.1. The van der Waals surface area contributed by atoms with Gasteiger partial charge in [0.05, 0.1) is 0 Å². The fourth-order valence-corrected chi connectivity index (χ4v) is 1.41. The number of hydrogen-bond donors (Lipinski definition) is 1. The Bertz CT molecular complexity index is 413. The van der Waals surface area contributed by atoms with Crippen LogP contribution in [0.25, 0.3) is 0 Å². The first kappa shape index (κ1) is 13.3. The molecule has 0 aliphatic heterocycles. The van der Waals surface area contributed by atoms with Crippen molar-refractivity contribution < 1.29 is 27.8 Å². The maximum absolute atomic E-state index is 12.1. The molecule has 1 aromatic carbocycles. The molecule has 1 N–H and O–H groups in total. The Morgan fingerprint density at radius 1 is 1.41 bits per heavy atom. The molecular weight excluding hydrogens is 237 g/mol. The van der Waals surface area contributed by atoms with Crippen LogP contribution in [0.15, 0.2) is 18.2 Å². The van der Waals surface area contributed by atoms with E-state index < -0.39 is 12.3 Å². The van der Waals surface area contributed by atoms with Crippen molar-refractivity contribution >= 4 is 5.97 Å². The number of aliphatic carboxylic acids is 1. The molecule has 17 heavy (non-hydrogen) atoms. The highest BCUT2D eigenvalue weighted by Gasteiger charge is 2.31. The van der Waals surface area contributed by atoms with Gasteiger partial charge in [-0.15, -0.1) is 13.2 Å².